The molecule has 0 radical (unpaired) electrons. The van der Waals surface area contributed by atoms with Gasteiger partial charge in [-0.15, -0.1) is 23.7 Å². The zero-order chi connectivity index (χ0) is 13.2. The van der Waals surface area contributed by atoms with Crippen LogP contribution in [0.5, 0.6) is 0 Å². The zero-order valence-electron chi connectivity index (χ0n) is 11.2. The van der Waals surface area contributed by atoms with Crippen molar-refractivity contribution in [2.24, 2.45) is 0 Å². The van der Waals surface area contributed by atoms with E-state index < -0.39 is 0 Å². The number of rotatable bonds is 2. The van der Waals surface area contributed by atoms with Crippen LogP contribution in [0.15, 0.2) is 15.9 Å². The molecule has 1 atom stereocenters. The van der Waals surface area contributed by atoms with Crippen LogP contribution in [0.1, 0.15) is 16.1 Å². The van der Waals surface area contributed by atoms with Gasteiger partial charge in [-0.25, -0.2) is 0 Å². The second-order valence-electron chi connectivity index (χ2n) is 5.08. The number of amides is 1. The third kappa shape index (κ3) is 3.36. The van der Waals surface area contributed by atoms with Crippen LogP contribution in [0.3, 0.4) is 0 Å². The number of likely N-dealkylation sites (tertiary alicyclic amines) is 1. The molecule has 1 aromatic rings. The number of piperazine rings is 1. The Hall–Kier alpha value is -0.140. The lowest BCUT2D eigenvalue weighted by atomic mass is 10.2. The summed E-state index contributed by atoms with van der Waals surface area (Å²) in [7, 11) is 0. The Morgan fingerprint density at radius 3 is 2.75 bits per heavy atom. The molecule has 0 aliphatic carbocycles. The van der Waals surface area contributed by atoms with Gasteiger partial charge in [-0.1, -0.05) is 0 Å². The minimum absolute atomic E-state index is 0. The molecule has 1 N–H and O–H groups in total. The number of carbonyl (C=O) groups is 1. The summed E-state index contributed by atoms with van der Waals surface area (Å²) in [5.74, 6) is 0.180. The van der Waals surface area contributed by atoms with Crippen molar-refractivity contribution < 1.29 is 4.79 Å². The van der Waals surface area contributed by atoms with Gasteiger partial charge < -0.3 is 10.2 Å². The second kappa shape index (κ2) is 7.22. The largest absolute Gasteiger partial charge is 0.336 e. The smallest absolute Gasteiger partial charge is 0.265 e. The topological polar surface area (TPSA) is 35.6 Å². The molecule has 2 aliphatic heterocycles. The highest BCUT2D eigenvalue weighted by atomic mass is 79.9. The predicted octanol–water partition coefficient (Wildman–Crippen LogP) is 2.05. The fourth-order valence-corrected chi connectivity index (χ4v) is 4.37. The molecule has 7 heteroatoms. The van der Waals surface area contributed by atoms with Gasteiger partial charge in [0.2, 0.25) is 0 Å². The van der Waals surface area contributed by atoms with E-state index in [4.69, 9.17) is 0 Å². The Bertz CT molecular complexity index is 464. The van der Waals surface area contributed by atoms with E-state index in [9.17, 15) is 4.79 Å². The minimum Gasteiger partial charge on any atom is -0.336 e. The molecule has 2 fully saturated rings. The van der Waals surface area contributed by atoms with E-state index in [1.54, 1.807) is 0 Å². The molecule has 20 heavy (non-hydrogen) atoms. The molecular weight excluding hydrogens is 362 g/mol. The zero-order valence-corrected chi connectivity index (χ0v) is 14.4. The maximum absolute atomic E-state index is 12.4. The number of thiophene rings is 1. The number of nitrogens with one attached hydrogen (secondary N) is 1. The Balaban J connectivity index is 0.00000147. The molecule has 3 heterocycles. The first kappa shape index (κ1) is 16.2. The van der Waals surface area contributed by atoms with E-state index in [2.05, 4.69) is 26.1 Å². The Labute approximate surface area is 138 Å². The van der Waals surface area contributed by atoms with Crippen molar-refractivity contribution >= 4 is 45.6 Å². The van der Waals surface area contributed by atoms with Crippen LogP contribution in [0.25, 0.3) is 0 Å². The summed E-state index contributed by atoms with van der Waals surface area (Å²) < 4.78 is 0.924. The van der Waals surface area contributed by atoms with Gasteiger partial charge in [0.25, 0.3) is 5.91 Å². The lowest BCUT2D eigenvalue weighted by molar-refractivity contribution is 0.0777. The number of hydrogen-bond acceptors (Lipinski definition) is 4. The van der Waals surface area contributed by atoms with Crippen LogP contribution in [-0.2, 0) is 0 Å². The number of hydrogen-bond donors (Lipinski definition) is 1. The van der Waals surface area contributed by atoms with Gasteiger partial charge >= 0.3 is 0 Å². The van der Waals surface area contributed by atoms with Crippen LogP contribution in [0.2, 0.25) is 0 Å². The number of nitrogens with zero attached hydrogens (tertiary/aromatic N) is 2. The van der Waals surface area contributed by atoms with Gasteiger partial charge in [-0.05, 0) is 33.8 Å². The molecule has 0 bridgehead atoms. The van der Waals surface area contributed by atoms with Gasteiger partial charge in [0.1, 0.15) is 4.88 Å². The monoisotopic (exact) mass is 379 g/mol. The highest BCUT2D eigenvalue weighted by Gasteiger charge is 2.32. The van der Waals surface area contributed by atoms with Crippen LogP contribution >= 0.6 is 39.7 Å². The fraction of sp³-hybridized carbons (Fsp3) is 0.615. The van der Waals surface area contributed by atoms with Crippen LogP contribution in [-0.4, -0.2) is 61.0 Å². The maximum Gasteiger partial charge on any atom is 0.265 e. The standard InChI is InChI=1S/C13H18BrN3OS.ClH/c14-11-2-8-19-12(11)13(18)17-5-1-10(9-17)16-6-3-15-4-7-16;/h2,8,10,15H,1,3-7,9H2;1H. The van der Waals surface area contributed by atoms with E-state index in [0.717, 1.165) is 55.0 Å². The third-order valence-electron chi connectivity index (χ3n) is 3.93. The van der Waals surface area contributed by atoms with Gasteiger partial charge in [-0.3, -0.25) is 9.69 Å². The second-order valence-corrected chi connectivity index (χ2v) is 6.85. The van der Waals surface area contributed by atoms with E-state index >= 15 is 0 Å². The number of carbonyl (C=O) groups excluding carboxylic acids is 1. The predicted molar refractivity (Wildman–Crippen MR) is 88.0 cm³/mol. The first-order valence-electron chi connectivity index (χ1n) is 6.73. The quantitative estimate of drug-likeness (QED) is 0.853. The molecule has 1 amide bonds. The van der Waals surface area contributed by atoms with Crippen molar-refractivity contribution in [3.05, 3.63) is 20.8 Å². The molecule has 112 valence electrons. The Kier molecular flexibility index (Phi) is 5.86. The molecule has 4 nitrogen and oxygen atoms in total. The SMILES string of the molecule is Cl.O=C(c1sccc1Br)N1CCC(N2CCNCC2)C1. The van der Waals surface area contributed by atoms with E-state index in [1.165, 1.54) is 11.3 Å². The maximum atomic E-state index is 12.4. The minimum atomic E-state index is 0. The molecule has 2 saturated heterocycles. The molecule has 0 saturated carbocycles. The summed E-state index contributed by atoms with van der Waals surface area (Å²) in [5, 5.41) is 5.33. The van der Waals surface area contributed by atoms with Gasteiger partial charge in [0.05, 0.1) is 0 Å². The Morgan fingerprint density at radius 2 is 2.10 bits per heavy atom. The molecule has 1 aromatic heterocycles. The molecule has 0 aromatic carbocycles. The van der Waals surface area contributed by atoms with E-state index in [-0.39, 0.29) is 18.3 Å². The van der Waals surface area contributed by atoms with Gasteiger partial charge in [0, 0.05) is 49.8 Å². The lowest BCUT2D eigenvalue weighted by Crippen LogP contribution is -2.49. The highest BCUT2D eigenvalue weighted by Crippen LogP contribution is 2.26. The van der Waals surface area contributed by atoms with Crippen LogP contribution < -0.4 is 5.32 Å². The fourth-order valence-electron chi connectivity index (χ4n) is 2.86. The average Bonchev–Trinajstić information content (AvgIpc) is 3.08. The van der Waals surface area contributed by atoms with Crippen LogP contribution in [0, 0.1) is 0 Å². The van der Waals surface area contributed by atoms with E-state index in [0.29, 0.717) is 6.04 Å². The molecule has 1 unspecified atom stereocenters. The van der Waals surface area contributed by atoms with Gasteiger partial charge in [0.15, 0.2) is 0 Å². The normalized spacial score (nSPS) is 23.6. The Morgan fingerprint density at radius 1 is 1.35 bits per heavy atom. The van der Waals surface area contributed by atoms with Crippen molar-refractivity contribution in [3.63, 3.8) is 0 Å². The summed E-state index contributed by atoms with van der Waals surface area (Å²) >= 11 is 4.97. The molecule has 2 aliphatic rings. The van der Waals surface area contributed by atoms with Crippen molar-refractivity contribution in [2.75, 3.05) is 39.3 Å². The van der Waals surface area contributed by atoms with Crippen molar-refractivity contribution in [1.29, 1.82) is 0 Å². The lowest BCUT2D eigenvalue weighted by Gasteiger charge is -2.32. The van der Waals surface area contributed by atoms with Crippen LogP contribution in [0.4, 0.5) is 0 Å². The molecular formula is C13H19BrClN3OS. The summed E-state index contributed by atoms with van der Waals surface area (Å²) in [6, 6.07) is 2.49. The summed E-state index contributed by atoms with van der Waals surface area (Å²) in [4.78, 5) is 17.8. The van der Waals surface area contributed by atoms with Crippen molar-refractivity contribution in [2.45, 2.75) is 12.5 Å². The van der Waals surface area contributed by atoms with Gasteiger partial charge in [-0.2, -0.15) is 0 Å². The first-order valence-corrected chi connectivity index (χ1v) is 8.40. The first-order chi connectivity index (χ1) is 9.25. The van der Waals surface area contributed by atoms with Crippen molar-refractivity contribution in [1.82, 2.24) is 15.1 Å². The average molecular weight is 381 g/mol. The highest BCUT2D eigenvalue weighted by molar-refractivity contribution is 9.10. The molecule has 0 spiro atoms. The summed E-state index contributed by atoms with van der Waals surface area (Å²) in [5.41, 5.74) is 0. The van der Waals surface area contributed by atoms with Crippen molar-refractivity contribution in [3.8, 4) is 0 Å². The summed E-state index contributed by atoms with van der Waals surface area (Å²) in [6.07, 6.45) is 1.11. The summed E-state index contributed by atoms with van der Waals surface area (Å²) in [6.45, 7) is 6.12. The molecule has 3 rings (SSSR count). The number of halogens is 2. The third-order valence-corrected chi connectivity index (χ3v) is 5.76. The van der Waals surface area contributed by atoms with E-state index in [1.807, 2.05) is 16.3 Å².